The molecule has 4 aromatic rings. The van der Waals surface area contributed by atoms with Crippen LogP contribution in [-0.4, -0.2) is 47.3 Å². The number of nitrogens with one attached hydrogen (secondary N) is 1. The summed E-state index contributed by atoms with van der Waals surface area (Å²) in [6, 6.07) is 19.0. The van der Waals surface area contributed by atoms with Crippen molar-refractivity contribution in [1.29, 1.82) is 0 Å². The number of fused-ring (bicyclic) bond motifs is 1. The zero-order valence-electron chi connectivity index (χ0n) is 19.0. The lowest BCUT2D eigenvalue weighted by Gasteiger charge is -2.21. The molecule has 2 aromatic carbocycles. The van der Waals surface area contributed by atoms with E-state index in [1.165, 1.54) is 17.0 Å². The van der Waals surface area contributed by atoms with Crippen LogP contribution in [0.15, 0.2) is 60.7 Å². The van der Waals surface area contributed by atoms with Crippen molar-refractivity contribution in [1.82, 2.24) is 20.1 Å². The molecule has 33 heavy (non-hydrogen) atoms. The van der Waals surface area contributed by atoms with Crippen molar-refractivity contribution < 1.29 is 9.13 Å². The smallest absolute Gasteiger partial charge is 0.165 e. The minimum Gasteiger partial charge on any atom is -0.484 e. The monoisotopic (exact) mass is 445 g/mol. The predicted octanol–water partition coefficient (Wildman–Crippen LogP) is 4.73. The van der Waals surface area contributed by atoms with Crippen LogP contribution in [0.1, 0.15) is 29.3 Å². The summed E-state index contributed by atoms with van der Waals surface area (Å²) in [6.45, 7) is 3.07. The second-order valence-corrected chi connectivity index (χ2v) is 8.82. The van der Waals surface area contributed by atoms with Crippen molar-refractivity contribution in [3.8, 4) is 5.75 Å². The Labute approximate surface area is 193 Å². The minimum atomic E-state index is -0.357. The van der Waals surface area contributed by atoms with Crippen LogP contribution in [0.2, 0.25) is 0 Å². The Morgan fingerprint density at radius 1 is 1.12 bits per heavy atom. The number of anilines is 1. The largest absolute Gasteiger partial charge is 0.484 e. The van der Waals surface area contributed by atoms with Gasteiger partial charge in [-0.05, 0) is 43.3 Å². The molecule has 0 amide bonds. The van der Waals surface area contributed by atoms with E-state index in [1.54, 1.807) is 18.2 Å². The van der Waals surface area contributed by atoms with Gasteiger partial charge in [0.2, 0.25) is 0 Å². The second-order valence-electron chi connectivity index (χ2n) is 8.82. The van der Waals surface area contributed by atoms with Crippen LogP contribution in [0.3, 0.4) is 0 Å². The van der Waals surface area contributed by atoms with Gasteiger partial charge in [-0.15, -0.1) is 0 Å². The normalized spacial score (nSPS) is 16.4. The second kappa shape index (κ2) is 9.19. The number of likely N-dealkylation sites (tertiary alicyclic amines) is 1. The van der Waals surface area contributed by atoms with E-state index in [9.17, 15) is 4.39 Å². The maximum atomic E-state index is 13.8. The highest BCUT2D eigenvalue weighted by atomic mass is 19.1. The van der Waals surface area contributed by atoms with Crippen molar-refractivity contribution in [2.45, 2.75) is 25.5 Å². The van der Waals surface area contributed by atoms with Gasteiger partial charge < -0.3 is 9.64 Å². The van der Waals surface area contributed by atoms with Crippen molar-refractivity contribution in [2.24, 2.45) is 0 Å². The molecule has 1 saturated heterocycles. The van der Waals surface area contributed by atoms with E-state index in [0.29, 0.717) is 5.92 Å². The third-order valence-corrected chi connectivity index (χ3v) is 6.16. The van der Waals surface area contributed by atoms with E-state index in [4.69, 9.17) is 9.72 Å². The lowest BCUT2D eigenvalue weighted by molar-refractivity contribution is 0.286. The first-order valence-corrected chi connectivity index (χ1v) is 11.3. The molecule has 1 aliphatic heterocycles. The fraction of sp³-hybridized carbons (Fsp3) is 0.308. The van der Waals surface area contributed by atoms with Crippen molar-refractivity contribution in [3.63, 3.8) is 0 Å². The average molecular weight is 446 g/mol. The van der Waals surface area contributed by atoms with Gasteiger partial charge in [-0.3, -0.25) is 10.00 Å². The molecular formula is C26H28FN5O. The standard InChI is InChI=1S/C26H28FN5O/c1-31(2)26-20(13-18-7-3-5-9-23(18)28-26)16-32-12-11-19(15-32)24-14-21(29-30-24)17-33-25-10-6-4-8-22(25)27/h3-10,13-14,19H,11-12,15-17H2,1-2H3,(H,29,30). The van der Waals surface area contributed by atoms with Gasteiger partial charge in [-0.1, -0.05) is 30.3 Å². The summed E-state index contributed by atoms with van der Waals surface area (Å²) in [5.74, 6) is 1.27. The van der Waals surface area contributed by atoms with Crippen LogP contribution in [0.4, 0.5) is 10.2 Å². The number of pyridine rings is 1. The third kappa shape index (κ3) is 4.68. The van der Waals surface area contributed by atoms with Gasteiger partial charge >= 0.3 is 0 Å². The first kappa shape index (κ1) is 21.4. The molecular weight excluding hydrogens is 417 g/mol. The minimum absolute atomic E-state index is 0.251. The third-order valence-electron chi connectivity index (χ3n) is 6.16. The number of halogens is 1. The van der Waals surface area contributed by atoms with E-state index in [2.05, 4.69) is 44.3 Å². The van der Waals surface area contributed by atoms with Gasteiger partial charge in [-0.25, -0.2) is 9.37 Å². The van der Waals surface area contributed by atoms with Gasteiger partial charge in [0, 0.05) is 44.1 Å². The molecule has 2 aromatic heterocycles. The number of aromatic nitrogens is 3. The highest BCUT2D eigenvalue weighted by Gasteiger charge is 2.27. The fourth-order valence-electron chi connectivity index (χ4n) is 4.49. The zero-order chi connectivity index (χ0) is 22.8. The highest BCUT2D eigenvalue weighted by Crippen LogP contribution is 2.30. The Morgan fingerprint density at radius 3 is 2.79 bits per heavy atom. The van der Waals surface area contributed by atoms with E-state index in [-0.39, 0.29) is 18.2 Å². The topological polar surface area (TPSA) is 57.3 Å². The summed E-state index contributed by atoms with van der Waals surface area (Å²) in [5.41, 5.74) is 4.14. The number of ether oxygens (including phenoxy) is 1. The molecule has 3 heterocycles. The molecule has 0 spiro atoms. The maximum absolute atomic E-state index is 13.8. The maximum Gasteiger partial charge on any atom is 0.165 e. The number of hydrogen-bond acceptors (Lipinski definition) is 5. The number of para-hydroxylation sites is 2. The molecule has 6 nitrogen and oxygen atoms in total. The van der Waals surface area contributed by atoms with Crippen molar-refractivity contribution in [2.75, 3.05) is 32.1 Å². The van der Waals surface area contributed by atoms with Gasteiger partial charge in [-0.2, -0.15) is 5.10 Å². The van der Waals surface area contributed by atoms with Gasteiger partial charge in [0.15, 0.2) is 11.6 Å². The average Bonchev–Trinajstić information content (AvgIpc) is 3.47. The Morgan fingerprint density at radius 2 is 1.94 bits per heavy atom. The first-order valence-electron chi connectivity index (χ1n) is 11.3. The predicted molar refractivity (Wildman–Crippen MR) is 128 cm³/mol. The highest BCUT2D eigenvalue weighted by molar-refractivity contribution is 5.81. The summed E-state index contributed by atoms with van der Waals surface area (Å²) in [5, 5.41) is 8.73. The molecule has 1 fully saturated rings. The van der Waals surface area contributed by atoms with E-state index >= 15 is 0 Å². The zero-order valence-corrected chi connectivity index (χ0v) is 19.0. The van der Waals surface area contributed by atoms with Gasteiger partial charge in [0.05, 0.1) is 16.9 Å². The van der Waals surface area contributed by atoms with Crippen LogP contribution in [0.25, 0.3) is 10.9 Å². The molecule has 0 bridgehead atoms. The molecule has 1 atom stereocenters. The van der Waals surface area contributed by atoms with Crippen LogP contribution < -0.4 is 9.64 Å². The van der Waals surface area contributed by atoms with Gasteiger partial charge in [0.25, 0.3) is 0 Å². The molecule has 1 N–H and O–H groups in total. The SMILES string of the molecule is CN(C)c1nc2ccccc2cc1CN1CCC(c2cc(COc3ccccc3F)[nH]n2)C1. The summed E-state index contributed by atoms with van der Waals surface area (Å²) in [7, 11) is 4.09. The number of rotatable bonds is 7. The molecule has 1 aliphatic rings. The van der Waals surface area contributed by atoms with E-state index in [0.717, 1.165) is 48.8 Å². The molecule has 0 saturated carbocycles. The summed E-state index contributed by atoms with van der Waals surface area (Å²) in [4.78, 5) is 9.44. The Balaban J connectivity index is 1.24. The lowest BCUT2D eigenvalue weighted by Crippen LogP contribution is -2.22. The van der Waals surface area contributed by atoms with E-state index in [1.807, 2.05) is 26.2 Å². The van der Waals surface area contributed by atoms with Crippen molar-refractivity contribution >= 4 is 16.7 Å². The summed E-state index contributed by atoms with van der Waals surface area (Å²) >= 11 is 0. The van der Waals surface area contributed by atoms with Crippen molar-refractivity contribution in [3.05, 3.63) is 83.4 Å². The van der Waals surface area contributed by atoms with Crippen LogP contribution >= 0.6 is 0 Å². The van der Waals surface area contributed by atoms with Crippen LogP contribution in [0.5, 0.6) is 5.75 Å². The molecule has 170 valence electrons. The summed E-state index contributed by atoms with van der Waals surface area (Å²) < 4.78 is 19.4. The molecule has 7 heteroatoms. The Bertz CT molecular complexity index is 1250. The molecule has 0 radical (unpaired) electrons. The lowest BCUT2D eigenvalue weighted by atomic mass is 10.1. The number of H-pyrrole nitrogens is 1. The number of benzene rings is 2. The molecule has 5 rings (SSSR count). The van der Waals surface area contributed by atoms with Gasteiger partial charge in [0.1, 0.15) is 12.4 Å². The molecule has 0 aliphatic carbocycles. The number of nitrogens with zero attached hydrogens (tertiary/aromatic N) is 4. The van der Waals surface area contributed by atoms with E-state index < -0.39 is 0 Å². The Kier molecular flexibility index (Phi) is 5.96. The molecule has 1 unspecified atom stereocenters. The first-order chi connectivity index (χ1) is 16.1. The number of aromatic amines is 1. The number of hydrogen-bond donors (Lipinski definition) is 1. The van der Waals surface area contributed by atoms with Crippen LogP contribution in [0, 0.1) is 5.82 Å². The quantitative estimate of drug-likeness (QED) is 0.446. The fourth-order valence-corrected chi connectivity index (χ4v) is 4.49. The Hall–Kier alpha value is -3.45. The summed E-state index contributed by atoms with van der Waals surface area (Å²) in [6.07, 6.45) is 1.05. The van der Waals surface area contributed by atoms with Crippen LogP contribution in [-0.2, 0) is 13.2 Å².